The predicted octanol–water partition coefficient (Wildman–Crippen LogP) is 4.74. The number of fused-ring (bicyclic) bond motifs is 1. The van der Waals surface area contributed by atoms with E-state index in [1.54, 1.807) is 19.4 Å². The molecule has 4 nitrogen and oxygen atoms in total. The van der Waals surface area contributed by atoms with Crippen LogP contribution in [-0.4, -0.2) is 44.3 Å². The van der Waals surface area contributed by atoms with Gasteiger partial charge in [0, 0.05) is 6.42 Å². The van der Waals surface area contributed by atoms with E-state index in [4.69, 9.17) is 0 Å². The van der Waals surface area contributed by atoms with E-state index in [0.717, 1.165) is 30.4 Å². The highest BCUT2D eigenvalue weighted by Gasteiger charge is 2.56. The molecule has 0 radical (unpaired) electrons. The van der Waals surface area contributed by atoms with Crippen LogP contribution in [0.15, 0.2) is 47.1 Å². The summed E-state index contributed by atoms with van der Waals surface area (Å²) < 4.78 is 0. The molecular formula is C28H42O4. The fourth-order valence-corrected chi connectivity index (χ4v) is 6.68. The summed E-state index contributed by atoms with van der Waals surface area (Å²) in [6.07, 6.45) is 14.5. The zero-order chi connectivity index (χ0) is 23.3. The van der Waals surface area contributed by atoms with Gasteiger partial charge in [0.15, 0.2) is 0 Å². The minimum Gasteiger partial charge on any atom is -0.393 e. The Morgan fingerprint density at radius 1 is 1.22 bits per heavy atom. The maximum atomic E-state index is 10.4. The van der Waals surface area contributed by atoms with Crippen molar-refractivity contribution in [3.63, 3.8) is 0 Å². The quantitative estimate of drug-likeness (QED) is 0.448. The second-order valence-corrected chi connectivity index (χ2v) is 11.7. The normalized spacial score (nSPS) is 38.0. The summed E-state index contributed by atoms with van der Waals surface area (Å²) in [6, 6.07) is 0. The molecule has 0 aromatic carbocycles. The summed E-state index contributed by atoms with van der Waals surface area (Å²) in [5.41, 5.74) is 4.13. The van der Waals surface area contributed by atoms with Crippen LogP contribution in [0.3, 0.4) is 0 Å². The molecule has 4 aliphatic rings. The number of aliphatic hydroxyl groups excluding tert-OH is 3. The van der Waals surface area contributed by atoms with Crippen molar-refractivity contribution >= 4 is 0 Å². The molecule has 3 saturated carbocycles. The van der Waals surface area contributed by atoms with Gasteiger partial charge in [0.25, 0.3) is 0 Å². The maximum absolute atomic E-state index is 10.4. The van der Waals surface area contributed by atoms with Gasteiger partial charge in [-0.1, -0.05) is 42.9 Å². The first-order valence-electron chi connectivity index (χ1n) is 12.5. The first-order valence-corrected chi connectivity index (χ1v) is 12.5. The second-order valence-electron chi connectivity index (χ2n) is 11.7. The van der Waals surface area contributed by atoms with Gasteiger partial charge in [0.05, 0.1) is 23.9 Å². The molecule has 1 unspecified atom stereocenters. The SMILES string of the molecule is C=C1/C(=C\C=C2/CCC[C@]3(C)C(C4(CCC(O)C(C)(C)O)CC4)=CC[C@@H]23)C[C@@H](O)C[C@@H]1O. The fourth-order valence-electron chi connectivity index (χ4n) is 6.68. The van der Waals surface area contributed by atoms with E-state index in [1.165, 1.54) is 31.3 Å². The number of allylic oxidation sites excluding steroid dienone is 5. The molecule has 4 N–H and O–H groups in total. The third-order valence-electron chi connectivity index (χ3n) is 8.95. The molecular weight excluding hydrogens is 400 g/mol. The zero-order valence-corrected chi connectivity index (χ0v) is 20.1. The van der Waals surface area contributed by atoms with Gasteiger partial charge in [-0.05, 0) is 99.5 Å². The highest BCUT2D eigenvalue weighted by molar-refractivity contribution is 5.42. The van der Waals surface area contributed by atoms with Crippen molar-refractivity contribution in [2.24, 2.45) is 16.7 Å². The van der Waals surface area contributed by atoms with Gasteiger partial charge in [-0.25, -0.2) is 0 Å². The molecule has 0 aromatic heterocycles. The zero-order valence-electron chi connectivity index (χ0n) is 20.1. The Morgan fingerprint density at radius 3 is 2.59 bits per heavy atom. The van der Waals surface area contributed by atoms with Crippen LogP contribution < -0.4 is 0 Å². The van der Waals surface area contributed by atoms with Gasteiger partial charge in [-0.2, -0.15) is 0 Å². The monoisotopic (exact) mass is 442 g/mol. The second kappa shape index (κ2) is 8.54. The van der Waals surface area contributed by atoms with E-state index in [-0.39, 0.29) is 10.8 Å². The van der Waals surface area contributed by atoms with Crippen LogP contribution in [0.5, 0.6) is 0 Å². The standard InChI is InChI=1S/C28H42O4/c1-18-20(16-21(29)17-23(18)30)8-7-19-6-5-12-27(4)22(19)9-10-24(27)28(14-15-28)13-11-25(31)26(2,3)32/h7-8,10,21-23,25,29-32H,1,5-6,9,11-17H2,2-4H3/b19-7+,20-8-/t21-,22+,23+,25?,27+/m1/s1. The van der Waals surface area contributed by atoms with E-state index >= 15 is 0 Å². The minimum absolute atomic E-state index is 0.168. The van der Waals surface area contributed by atoms with Crippen molar-refractivity contribution in [1.29, 1.82) is 0 Å². The lowest BCUT2D eigenvalue weighted by Gasteiger charge is -2.43. The molecule has 4 heteroatoms. The molecule has 0 spiro atoms. The van der Waals surface area contributed by atoms with Gasteiger partial charge in [-0.15, -0.1) is 0 Å². The molecule has 0 heterocycles. The molecule has 3 fully saturated rings. The molecule has 0 amide bonds. The van der Waals surface area contributed by atoms with Crippen LogP contribution in [0.1, 0.15) is 85.0 Å². The van der Waals surface area contributed by atoms with E-state index in [1.807, 2.05) is 0 Å². The lowest BCUT2D eigenvalue weighted by atomic mass is 9.61. The Morgan fingerprint density at radius 2 is 1.94 bits per heavy atom. The van der Waals surface area contributed by atoms with Crippen molar-refractivity contribution in [1.82, 2.24) is 0 Å². The minimum atomic E-state index is -1.05. The van der Waals surface area contributed by atoms with Crippen LogP contribution in [0.25, 0.3) is 0 Å². The summed E-state index contributed by atoms with van der Waals surface area (Å²) in [4.78, 5) is 0. The molecule has 32 heavy (non-hydrogen) atoms. The van der Waals surface area contributed by atoms with E-state index in [9.17, 15) is 20.4 Å². The summed E-state index contributed by atoms with van der Waals surface area (Å²) in [5, 5.41) is 40.7. The average Bonchev–Trinajstić information content (AvgIpc) is 3.40. The van der Waals surface area contributed by atoms with Crippen LogP contribution in [0.2, 0.25) is 0 Å². The van der Waals surface area contributed by atoms with Crippen molar-refractivity contribution in [3.8, 4) is 0 Å². The molecule has 4 rings (SSSR count). The Hall–Kier alpha value is -1.20. The van der Waals surface area contributed by atoms with Crippen molar-refractivity contribution in [2.45, 2.75) is 109 Å². The van der Waals surface area contributed by atoms with Gasteiger partial charge in [0.1, 0.15) is 0 Å². The predicted molar refractivity (Wildman–Crippen MR) is 128 cm³/mol. The van der Waals surface area contributed by atoms with Gasteiger partial charge < -0.3 is 20.4 Å². The van der Waals surface area contributed by atoms with Crippen molar-refractivity contribution in [3.05, 3.63) is 47.1 Å². The summed E-state index contributed by atoms with van der Waals surface area (Å²) in [6.45, 7) is 9.87. The number of hydrogen-bond donors (Lipinski definition) is 4. The van der Waals surface area contributed by atoms with Crippen LogP contribution >= 0.6 is 0 Å². The molecule has 0 aliphatic heterocycles. The molecule has 178 valence electrons. The molecule has 4 aliphatic carbocycles. The highest BCUT2D eigenvalue weighted by atomic mass is 16.3. The Kier molecular flexibility index (Phi) is 6.39. The van der Waals surface area contributed by atoms with Crippen molar-refractivity contribution in [2.75, 3.05) is 0 Å². The lowest BCUT2D eigenvalue weighted by molar-refractivity contribution is -0.0538. The molecule has 5 atom stereocenters. The molecule has 0 aromatic rings. The van der Waals surface area contributed by atoms with Gasteiger partial charge >= 0.3 is 0 Å². The molecule has 0 bridgehead atoms. The Labute approximate surface area is 193 Å². The van der Waals surface area contributed by atoms with Gasteiger partial charge in [0.2, 0.25) is 0 Å². The first-order chi connectivity index (χ1) is 15.0. The smallest absolute Gasteiger partial charge is 0.0849 e. The number of aliphatic hydroxyl groups is 4. The van der Waals surface area contributed by atoms with Crippen LogP contribution in [0, 0.1) is 16.7 Å². The highest BCUT2D eigenvalue weighted by Crippen LogP contribution is 2.67. The Bertz CT molecular complexity index is 838. The van der Waals surface area contributed by atoms with Gasteiger partial charge in [-0.3, -0.25) is 0 Å². The summed E-state index contributed by atoms with van der Waals surface area (Å²) >= 11 is 0. The third kappa shape index (κ3) is 4.44. The summed E-state index contributed by atoms with van der Waals surface area (Å²) in [7, 11) is 0. The van der Waals surface area contributed by atoms with E-state index in [0.29, 0.717) is 25.2 Å². The molecule has 0 saturated heterocycles. The summed E-state index contributed by atoms with van der Waals surface area (Å²) in [5.74, 6) is 0.506. The fraction of sp³-hybridized carbons (Fsp3) is 0.714. The first kappa shape index (κ1) is 23.9. The Balaban J connectivity index is 1.50. The average molecular weight is 443 g/mol. The van der Waals surface area contributed by atoms with Crippen LogP contribution in [-0.2, 0) is 0 Å². The number of rotatable bonds is 6. The third-order valence-corrected chi connectivity index (χ3v) is 8.95. The largest absolute Gasteiger partial charge is 0.393 e. The van der Waals surface area contributed by atoms with E-state index < -0.39 is 23.9 Å². The van der Waals surface area contributed by atoms with E-state index in [2.05, 4.69) is 31.7 Å². The maximum Gasteiger partial charge on any atom is 0.0849 e. The van der Waals surface area contributed by atoms with Crippen LogP contribution in [0.4, 0.5) is 0 Å². The van der Waals surface area contributed by atoms with Crippen molar-refractivity contribution < 1.29 is 20.4 Å². The topological polar surface area (TPSA) is 80.9 Å². The number of hydrogen-bond acceptors (Lipinski definition) is 4. The lowest BCUT2D eigenvalue weighted by Crippen LogP contribution is -2.37.